The second kappa shape index (κ2) is 12.6. The number of esters is 1. The van der Waals surface area contributed by atoms with Crippen LogP contribution in [-0.4, -0.2) is 60.9 Å². The number of benzene rings is 2. The Balaban J connectivity index is 1.99. The number of carbonyl (C=O) groups is 3. The van der Waals surface area contributed by atoms with Gasteiger partial charge in [0, 0.05) is 12.5 Å². The fraction of sp³-hybridized carbons (Fsp3) is 0.190. The minimum atomic E-state index is -4.22. The Morgan fingerprint density at radius 3 is 2.34 bits per heavy atom. The molecule has 2 aromatic rings. The van der Waals surface area contributed by atoms with Gasteiger partial charge in [0.15, 0.2) is 11.5 Å². The largest absolute Gasteiger partial charge is 0.493 e. The normalized spacial score (nSPS) is 11.4. The number of aromatic carboxylic acids is 1. The van der Waals surface area contributed by atoms with E-state index < -0.39 is 33.3 Å². The SMILES string of the molecule is COc1cc(/C=C/C(=O)NS(=O)(=O)c2ccc(C(=O)O)cc2)ccc1OC(=O)CCCON(O)O. The minimum Gasteiger partial charge on any atom is -0.493 e. The molecule has 4 N–H and O–H groups in total. The van der Waals surface area contributed by atoms with Crippen LogP contribution in [0.3, 0.4) is 0 Å². The molecule has 0 aliphatic carbocycles. The number of sulfonamides is 1. The van der Waals surface area contributed by atoms with E-state index in [1.807, 2.05) is 4.72 Å². The Labute approximate surface area is 199 Å². The second-order valence-electron chi connectivity index (χ2n) is 6.71. The predicted molar refractivity (Wildman–Crippen MR) is 117 cm³/mol. The molecule has 1 amide bonds. The van der Waals surface area contributed by atoms with E-state index in [9.17, 15) is 22.8 Å². The van der Waals surface area contributed by atoms with Crippen molar-refractivity contribution in [2.75, 3.05) is 13.7 Å². The number of hydrogen-bond acceptors (Lipinski definition) is 11. The van der Waals surface area contributed by atoms with Crippen LogP contribution in [0.5, 0.6) is 11.5 Å². The number of amides is 1. The van der Waals surface area contributed by atoms with Crippen LogP contribution in [0.4, 0.5) is 0 Å². The summed E-state index contributed by atoms with van der Waals surface area (Å²) in [6, 6.07) is 8.68. The average Bonchev–Trinajstić information content (AvgIpc) is 2.80. The van der Waals surface area contributed by atoms with Crippen LogP contribution in [-0.2, 0) is 24.4 Å². The minimum absolute atomic E-state index is 0.0771. The monoisotopic (exact) mass is 510 g/mol. The zero-order valence-corrected chi connectivity index (χ0v) is 19.1. The van der Waals surface area contributed by atoms with Gasteiger partial charge in [0.25, 0.3) is 15.9 Å². The van der Waals surface area contributed by atoms with Crippen molar-refractivity contribution >= 4 is 33.9 Å². The van der Waals surface area contributed by atoms with Crippen LogP contribution in [0.15, 0.2) is 53.4 Å². The van der Waals surface area contributed by atoms with Crippen LogP contribution in [0.1, 0.15) is 28.8 Å². The van der Waals surface area contributed by atoms with E-state index >= 15 is 0 Å². The summed E-state index contributed by atoms with van der Waals surface area (Å²) >= 11 is 0. The average molecular weight is 510 g/mol. The van der Waals surface area contributed by atoms with E-state index in [1.165, 1.54) is 31.4 Å². The maximum absolute atomic E-state index is 12.3. The van der Waals surface area contributed by atoms with Gasteiger partial charge in [-0.25, -0.2) is 17.9 Å². The third kappa shape index (κ3) is 8.80. The number of nitrogens with one attached hydrogen (secondary N) is 1. The van der Waals surface area contributed by atoms with Gasteiger partial charge in [0.1, 0.15) is 0 Å². The lowest BCUT2D eigenvalue weighted by Gasteiger charge is -2.10. The standard InChI is InChI=1S/C21H22N2O11S/c1-32-18-13-14(4-10-17(18)34-20(25)3-2-12-33-23(28)29)5-11-19(24)22-35(30,31)16-8-6-15(7-9-16)21(26)27/h4-11,13,28-29H,2-3,12H2,1H3,(H,22,24)(H,26,27)/b11-5+. The molecular weight excluding hydrogens is 488 g/mol. The number of methoxy groups -OCH3 is 1. The summed E-state index contributed by atoms with van der Waals surface area (Å²) in [5.74, 6) is -2.53. The fourth-order valence-electron chi connectivity index (χ4n) is 2.58. The van der Waals surface area contributed by atoms with Crippen molar-refractivity contribution in [1.82, 2.24) is 10.1 Å². The quantitative estimate of drug-likeness (QED) is 0.106. The molecule has 0 radical (unpaired) electrons. The van der Waals surface area contributed by atoms with Gasteiger partial charge in [-0.3, -0.25) is 24.8 Å². The summed E-state index contributed by atoms with van der Waals surface area (Å²) in [6.45, 7) is -0.131. The van der Waals surface area contributed by atoms with E-state index in [1.54, 1.807) is 0 Å². The Kier molecular flexibility index (Phi) is 9.86. The molecule has 0 bridgehead atoms. The van der Waals surface area contributed by atoms with Crippen molar-refractivity contribution < 1.29 is 52.6 Å². The first-order chi connectivity index (χ1) is 16.5. The van der Waals surface area contributed by atoms with Gasteiger partial charge in [-0.15, -0.1) is 0 Å². The first kappa shape index (κ1) is 27.4. The molecule has 0 aromatic heterocycles. The molecule has 0 heterocycles. The van der Waals surface area contributed by atoms with Crippen molar-refractivity contribution in [3.8, 4) is 11.5 Å². The van der Waals surface area contributed by atoms with E-state index in [-0.39, 0.29) is 41.4 Å². The first-order valence-electron chi connectivity index (χ1n) is 9.79. The predicted octanol–water partition coefficient (Wildman–Crippen LogP) is 1.61. The van der Waals surface area contributed by atoms with Gasteiger partial charge < -0.3 is 14.6 Å². The van der Waals surface area contributed by atoms with Crippen LogP contribution in [0.25, 0.3) is 6.08 Å². The van der Waals surface area contributed by atoms with Gasteiger partial charge in [-0.2, -0.15) is 0 Å². The number of carboxylic acid groups (broad SMARTS) is 1. The third-order valence-corrected chi connectivity index (χ3v) is 5.58. The third-order valence-electron chi connectivity index (χ3n) is 4.22. The summed E-state index contributed by atoms with van der Waals surface area (Å²) in [5.41, 5.74) is 0.325. The highest BCUT2D eigenvalue weighted by molar-refractivity contribution is 7.90. The zero-order valence-electron chi connectivity index (χ0n) is 18.3. The summed E-state index contributed by atoms with van der Waals surface area (Å²) in [5, 5.41) is 25.2. The van der Waals surface area contributed by atoms with Gasteiger partial charge >= 0.3 is 11.9 Å². The molecule has 35 heavy (non-hydrogen) atoms. The van der Waals surface area contributed by atoms with Crippen molar-refractivity contribution in [2.24, 2.45) is 0 Å². The molecule has 13 nitrogen and oxygen atoms in total. The van der Waals surface area contributed by atoms with Gasteiger partial charge in [-0.1, -0.05) is 6.07 Å². The van der Waals surface area contributed by atoms with Gasteiger partial charge in [0.2, 0.25) is 0 Å². The summed E-state index contributed by atoms with van der Waals surface area (Å²) in [7, 11) is -2.89. The summed E-state index contributed by atoms with van der Waals surface area (Å²) in [6.07, 6.45) is 2.35. The molecule has 2 rings (SSSR count). The van der Waals surface area contributed by atoms with Crippen LogP contribution in [0.2, 0.25) is 0 Å². The highest BCUT2D eigenvalue weighted by Crippen LogP contribution is 2.29. The maximum atomic E-state index is 12.3. The number of rotatable bonds is 12. The Morgan fingerprint density at radius 1 is 1.06 bits per heavy atom. The first-order valence-corrected chi connectivity index (χ1v) is 11.3. The lowest BCUT2D eigenvalue weighted by molar-refractivity contribution is -0.492. The van der Waals surface area contributed by atoms with Crippen molar-refractivity contribution in [3.05, 3.63) is 59.7 Å². The van der Waals surface area contributed by atoms with Gasteiger partial charge in [-0.05, 0) is 54.5 Å². The van der Waals surface area contributed by atoms with E-state index in [4.69, 9.17) is 25.0 Å². The second-order valence-corrected chi connectivity index (χ2v) is 8.39. The highest BCUT2D eigenvalue weighted by atomic mass is 32.2. The molecule has 0 saturated heterocycles. The fourth-order valence-corrected chi connectivity index (χ4v) is 3.53. The molecule has 0 saturated carbocycles. The van der Waals surface area contributed by atoms with Crippen molar-refractivity contribution in [3.63, 3.8) is 0 Å². The molecule has 2 aromatic carbocycles. The molecule has 0 spiro atoms. The number of ether oxygens (including phenoxy) is 2. The molecule has 14 heteroatoms. The Hall–Kier alpha value is -3.82. The van der Waals surface area contributed by atoms with E-state index in [0.29, 0.717) is 5.56 Å². The van der Waals surface area contributed by atoms with Gasteiger partial charge in [0.05, 0.1) is 29.6 Å². The smallest absolute Gasteiger partial charge is 0.335 e. The molecule has 0 atom stereocenters. The lowest BCUT2D eigenvalue weighted by atomic mass is 10.2. The van der Waals surface area contributed by atoms with Crippen LogP contribution >= 0.6 is 0 Å². The topological polar surface area (TPSA) is 189 Å². The van der Waals surface area contributed by atoms with Crippen molar-refractivity contribution in [1.29, 1.82) is 0 Å². The zero-order chi connectivity index (χ0) is 26.0. The van der Waals surface area contributed by atoms with Crippen LogP contribution < -0.4 is 14.2 Å². The molecule has 0 aliphatic rings. The van der Waals surface area contributed by atoms with Crippen molar-refractivity contribution in [2.45, 2.75) is 17.7 Å². The van der Waals surface area contributed by atoms with Crippen LogP contribution in [0, 0.1) is 0 Å². The lowest BCUT2D eigenvalue weighted by Crippen LogP contribution is -2.29. The summed E-state index contributed by atoms with van der Waals surface area (Å²) in [4.78, 5) is 38.9. The molecule has 0 aliphatic heterocycles. The molecule has 0 unspecified atom stereocenters. The maximum Gasteiger partial charge on any atom is 0.335 e. The number of hydrogen-bond donors (Lipinski definition) is 4. The van der Waals surface area contributed by atoms with E-state index in [2.05, 4.69) is 4.84 Å². The molecule has 0 fully saturated rings. The molecular formula is C21H22N2O11S. The number of carbonyl (C=O) groups excluding carboxylic acids is 2. The number of carboxylic acids is 1. The Morgan fingerprint density at radius 2 is 1.74 bits per heavy atom. The Bertz CT molecular complexity index is 1190. The van der Waals surface area contributed by atoms with E-state index in [0.717, 1.165) is 30.3 Å². The molecule has 188 valence electrons. The highest BCUT2D eigenvalue weighted by Gasteiger charge is 2.17. The summed E-state index contributed by atoms with van der Waals surface area (Å²) < 4.78 is 36.8. The number of nitrogens with zero attached hydrogens (tertiary/aromatic N) is 1.